The first-order chi connectivity index (χ1) is 18.3. The average molecular weight is 471 g/mol. The van der Waals surface area contributed by atoms with E-state index in [0.29, 0.717) is 0 Å². The van der Waals surface area contributed by atoms with Crippen LogP contribution in [0.15, 0.2) is 140 Å². The van der Waals surface area contributed by atoms with Crippen molar-refractivity contribution in [3.8, 4) is 33.4 Å². The molecule has 0 aliphatic heterocycles. The number of benzene rings is 7. The Kier molecular flexibility index (Phi) is 5.11. The van der Waals surface area contributed by atoms with Gasteiger partial charge in [-0.25, -0.2) is 0 Å². The summed E-state index contributed by atoms with van der Waals surface area (Å²) in [6.45, 7) is 2.14. The second-order valence-electron chi connectivity index (χ2n) is 9.85. The minimum absolute atomic E-state index is 1.25. The lowest BCUT2D eigenvalue weighted by molar-refractivity contribution is 1.47. The smallest absolute Gasteiger partial charge is 0.00262 e. The van der Waals surface area contributed by atoms with Gasteiger partial charge in [0.1, 0.15) is 0 Å². The molecule has 0 atom stereocenters. The van der Waals surface area contributed by atoms with Crippen molar-refractivity contribution in [1.82, 2.24) is 0 Å². The Morgan fingerprint density at radius 3 is 1.32 bits per heavy atom. The Morgan fingerprint density at radius 2 is 0.757 bits per heavy atom. The molecule has 7 rings (SSSR count). The molecule has 0 heterocycles. The molecule has 37 heavy (non-hydrogen) atoms. The Balaban J connectivity index is 1.48. The number of aryl methyl sites for hydroxylation is 1. The first-order valence-electron chi connectivity index (χ1n) is 12.9. The Hall–Kier alpha value is -4.68. The fourth-order valence-electron chi connectivity index (χ4n) is 5.68. The molecule has 0 aliphatic carbocycles. The third-order valence-electron chi connectivity index (χ3n) is 7.51. The zero-order chi connectivity index (χ0) is 24.8. The molecule has 0 spiro atoms. The van der Waals surface area contributed by atoms with Crippen LogP contribution in [0.1, 0.15) is 5.56 Å². The molecular weight excluding hydrogens is 444 g/mol. The molecule has 0 nitrogen and oxygen atoms in total. The van der Waals surface area contributed by atoms with E-state index in [0.717, 1.165) is 0 Å². The molecule has 0 aromatic heterocycles. The number of rotatable bonds is 3. The number of hydrogen-bond acceptors (Lipinski definition) is 0. The second kappa shape index (κ2) is 8.76. The van der Waals surface area contributed by atoms with Crippen LogP contribution in [-0.2, 0) is 0 Å². The quantitative estimate of drug-likeness (QED) is 0.225. The summed E-state index contributed by atoms with van der Waals surface area (Å²) in [5.41, 5.74) is 8.90. The van der Waals surface area contributed by atoms with Crippen molar-refractivity contribution in [2.24, 2.45) is 0 Å². The van der Waals surface area contributed by atoms with E-state index < -0.39 is 0 Å². The van der Waals surface area contributed by atoms with Crippen LogP contribution < -0.4 is 0 Å². The maximum atomic E-state index is 2.35. The third kappa shape index (κ3) is 3.70. The highest BCUT2D eigenvalue weighted by molar-refractivity contribution is 6.21. The Bertz CT molecular complexity index is 1850. The highest BCUT2D eigenvalue weighted by atomic mass is 14.2. The molecule has 0 radical (unpaired) electrons. The highest BCUT2D eigenvalue weighted by Gasteiger charge is 2.16. The first kappa shape index (κ1) is 21.6. The molecule has 0 saturated heterocycles. The second-order valence-corrected chi connectivity index (χ2v) is 9.85. The van der Waals surface area contributed by atoms with Crippen molar-refractivity contribution >= 4 is 32.3 Å². The molecular formula is C37H26. The normalized spacial score (nSPS) is 11.4. The minimum atomic E-state index is 1.25. The predicted octanol–water partition coefficient (Wildman–Crippen LogP) is 10.5. The molecule has 0 saturated carbocycles. The van der Waals surface area contributed by atoms with Gasteiger partial charge in [-0.05, 0) is 84.8 Å². The maximum Gasteiger partial charge on any atom is -0.00262 e. The van der Waals surface area contributed by atoms with Gasteiger partial charge < -0.3 is 0 Å². The average Bonchev–Trinajstić information content (AvgIpc) is 2.96. The molecule has 7 aromatic carbocycles. The summed E-state index contributed by atoms with van der Waals surface area (Å²) in [5.74, 6) is 0. The van der Waals surface area contributed by atoms with E-state index in [1.807, 2.05) is 0 Å². The predicted molar refractivity (Wildman–Crippen MR) is 160 cm³/mol. The molecule has 0 fully saturated rings. The van der Waals surface area contributed by atoms with Gasteiger partial charge in [0, 0.05) is 0 Å². The van der Waals surface area contributed by atoms with E-state index in [2.05, 4.69) is 146 Å². The summed E-state index contributed by atoms with van der Waals surface area (Å²) in [6, 6.07) is 50.9. The highest BCUT2D eigenvalue weighted by Crippen LogP contribution is 2.44. The molecule has 0 unspecified atom stereocenters. The topological polar surface area (TPSA) is 0 Å². The van der Waals surface area contributed by atoms with Gasteiger partial charge in [-0.15, -0.1) is 0 Å². The standard InChI is InChI=1S/C37H26/c1-25-15-17-27(18-16-25)36-32-11-5-7-13-34(32)37(35-14-8-6-12-33(35)36)31-22-21-29-23-28(19-20-30(29)24-31)26-9-3-2-4-10-26/h2-24H,1H3. The van der Waals surface area contributed by atoms with Gasteiger partial charge in [-0.2, -0.15) is 0 Å². The van der Waals surface area contributed by atoms with Gasteiger partial charge in [0.2, 0.25) is 0 Å². The molecule has 0 amide bonds. The van der Waals surface area contributed by atoms with Crippen LogP contribution >= 0.6 is 0 Å². The van der Waals surface area contributed by atoms with Crippen LogP contribution in [0.4, 0.5) is 0 Å². The summed E-state index contributed by atoms with van der Waals surface area (Å²) in [5, 5.41) is 7.68. The van der Waals surface area contributed by atoms with E-state index in [1.54, 1.807) is 0 Å². The maximum absolute atomic E-state index is 2.35. The minimum Gasteiger partial charge on any atom is -0.0622 e. The van der Waals surface area contributed by atoms with Crippen molar-refractivity contribution < 1.29 is 0 Å². The first-order valence-corrected chi connectivity index (χ1v) is 12.9. The van der Waals surface area contributed by atoms with Crippen molar-refractivity contribution in [2.45, 2.75) is 6.92 Å². The summed E-state index contributed by atoms with van der Waals surface area (Å²) in [4.78, 5) is 0. The van der Waals surface area contributed by atoms with Crippen molar-refractivity contribution in [1.29, 1.82) is 0 Å². The summed E-state index contributed by atoms with van der Waals surface area (Å²) >= 11 is 0. The monoisotopic (exact) mass is 470 g/mol. The van der Waals surface area contributed by atoms with Gasteiger partial charge in [-0.3, -0.25) is 0 Å². The van der Waals surface area contributed by atoms with E-state index in [4.69, 9.17) is 0 Å². The van der Waals surface area contributed by atoms with Crippen molar-refractivity contribution in [2.75, 3.05) is 0 Å². The SMILES string of the molecule is Cc1ccc(-c2c3ccccc3c(-c3ccc4cc(-c5ccccc5)ccc4c3)c3ccccc23)cc1. The summed E-state index contributed by atoms with van der Waals surface area (Å²) in [7, 11) is 0. The lowest BCUT2D eigenvalue weighted by atomic mass is 9.85. The van der Waals surface area contributed by atoms with E-state index in [-0.39, 0.29) is 0 Å². The molecule has 7 aromatic rings. The summed E-state index contributed by atoms with van der Waals surface area (Å²) < 4.78 is 0. The van der Waals surface area contributed by atoms with Gasteiger partial charge in [-0.1, -0.05) is 133 Å². The lowest BCUT2D eigenvalue weighted by Crippen LogP contribution is -1.91. The Morgan fingerprint density at radius 1 is 0.324 bits per heavy atom. The van der Waals surface area contributed by atoms with Gasteiger partial charge in [0.25, 0.3) is 0 Å². The zero-order valence-corrected chi connectivity index (χ0v) is 20.8. The van der Waals surface area contributed by atoms with E-state index in [9.17, 15) is 0 Å². The lowest BCUT2D eigenvalue weighted by Gasteiger charge is -2.18. The van der Waals surface area contributed by atoms with Crippen molar-refractivity contribution in [3.05, 3.63) is 145 Å². The molecule has 0 N–H and O–H groups in total. The van der Waals surface area contributed by atoms with Crippen LogP contribution in [-0.4, -0.2) is 0 Å². The molecule has 0 aliphatic rings. The molecule has 0 bridgehead atoms. The Labute approximate surface area is 217 Å². The van der Waals surface area contributed by atoms with Crippen LogP contribution in [0.25, 0.3) is 65.7 Å². The van der Waals surface area contributed by atoms with Crippen LogP contribution in [0.2, 0.25) is 0 Å². The van der Waals surface area contributed by atoms with E-state index >= 15 is 0 Å². The van der Waals surface area contributed by atoms with E-state index in [1.165, 1.54) is 71.3 Å². The molecule has 174 valence electrons. The third-order valence-corrected chi connectivity index (χ3v) is 7.51. The van der Waals surface area contributed by atoms with Gasteiger partial charge in [0.05, 0.1) is 0 Å². The largest absolute Gasteiger partial charge is 0.0622 e. The summed E-state index contributed by atoms with van der Waals surface area (Å²) in [6.07, 6.45) is 0. The number of hydrogen-bond donors (Lipinski definition) is 0. The fraction of sp³-hybridized carbons (Fsp3) is 0.0270. The van der Waals surface area contributed by atoms with Gasteiger partial charge >= 0.3 is 0 Å². The van der Waals surface area contributed by atoms with Crippen LogP contribution in [0.3, 0.4) is 0 Å². The number of fused-ring (bicyclic) bond motifs is 3. The fourth-order valence-corrected chi connectivity index (χ4v) is 5.68. The zero-order valence-electron chi connectivity index (χ0n) is 20.8. The van der Waals surface area contributed by atoms with Crippen LogP contribution in [0.5, 0.6) is 0 Å². The molecule has 0 heteroatoms. The van der Waals surface area contributed by atoms with Gasteiger partial charge in [0.15, 0.2) is 0 Å². The van der Waals surface area contributed by atoms with Crippen LogP contribution in [0, 0.1) is 6.92 Å². The van der Waals surface area contributed by atoms with Crippen molar-refractivity contribution in [3.63, 3.8) is 0 Å².